The minimum absolute atomic E-state index is 0.117. The molecule has 2 aromatic carbocycles. The number of fused-ring (bicyclic) bond motifs is 1. The van der Waals surface area contributed by atoms with Crippen molar-refractivity contribution < 1.29 is 0 Å². The van der Waals surface area contributed by atoms with Crippen molar-refractivity contribution in [1.29, 1.82) is 0 Å². The zero-order chi connectivity index (χ0) is 15.8. The van der Waals surface area contributed by atoms with Crippen molar-refractivity contribution in [3.63, 3.8) is 0 Å². The highest BCUT2D eigenvalue weighted by atomic mass is 14.6. The Morgan fingerprint density at radius 1 is 0.708 bits per heavy atom. The van der Waals surface area contributed by atoms with Gasteiger partial charge in [0, 0.05) is 5.41 Å². The van der Waals surface area contributed by atoms with E-state index >= 15 is 0 Å². The van der Waals surface area contributed by atoms with Crippen molar-refractivity contribution in [1.82, 2.24) is 0 Å². The molecule has 112 valence electrons. The van der Waals surface area contributed by atoms with Gasteiger partial charge < -0.3 is 0 Å². The molecule has 4 aliphatic rings. The van der Waals surface area contributed by atoms with Crippen molar-refractivity contribution in [2.75, 3.05) is 0 Å². The summed E-state index contributed by atoms with van der Waals surface area (Å²) in [5.41, 5.74) is 5.39. The Kier molecular flexibility index (Phi) is 2.07. The summed E-state index contributed by atoms with van der Waals surface area (Å²) in [5, 5.41) is 2.76. The largest absolute Gasteiger partial charge is 0.0687 e. The molecule has 24 heavy (non-hydrogen) atoms. The van der Waals surface area contributed by atoms with Crippen LogP contribution in [0, 0.1) is 5.41 Å². The molecule has 0 aromatic heterocycles. The molecule has 0 nitrogen and oxygen atoms in total. The minimum atomic E-state index is -0.129. The summed E-state index contributed by atoms with van der Waals surface area (Å²) >= 11 is 0. The quantitative estimate of drug-likeness (QED) is 0.589. The van der Waals surface area contributed by atoms with Crippen LogP contribution in [0.25, 0.3) is 16.3 Å². The van der Waals surface area contributed by atoms with Gasteiger partial charge in [0.25, 0.3) is 0 Å². The Hall–Kier alpha value is -2.86. The fourth-order valence-corrected chi connectivity index (χ4v) is 5.25. The van der Waals surface area contributed by atoms with Gasteiger partial charge in [0.15, 0.2) is 0 Å². The normalized spacial score (nSPS) is 30.7. The van der Waals surface area contributed by atoms with E-state index in [0.29, 0.717) is 0 Å². The fraction of sp³-hybridized carbons (Fsp3) is 0.0833. The SMILES string of the molecule is C1=CC2=CC=C3c4cccc5cccc(c45)C34C=CC=CC24C=C1. The van der Waals surface area contributed by atoms with Crippen molar-refractivity contribution >= 4 is 16.3 Å². The summed E-state index contributed by atoms with van der Waals surface area (Å²) in [6.07, 6.45) is 22.9. The van der Waals surface area contributed by atoms with Crippen LogP contribution in [0.4, 0.5) is 0 Å². The predicted octanol–water partition coefficient (Wildman–Crippen LogP) is 5.65. The van der Waals surface area contributed by atoms with Gasteiger partial charge in [0.2, 0.25) is 0 Å². The zero-order valence-electron chi connectivity index (χ0n) is 13.2. The van der Waals surface area contributed by atoms with Crippen LogP contribution in [-0.2, 0) is 5.41 Å². The Morgan fingerprint density at radius 2 is 1.50 bits per heavy atom. The van der Waals surface area contributed by atoms with E-state index in [1.165, 1.54) is 33.0 Å². The summed E-state index contributed by atoms with van der Waals surface area (Å²) in [6, 6.07) is 13.5. The Morgan fingerprint density at radius 3 is 2.42 bits per heavy atom. The number of rotatable bonds is 0. The summed E-state index contributed by atoms with van der Waals surface area (Å²) in [6.45, 7) is 0. The van der Waals surface area contributed by atoms with Gasteiger partial charge in [-0.05, 0) is 33.0 Å². The van der Waals surface area contributed by atoms with Gasteiger partial charge in [-0.2, -0.15) is 0 Å². The van der Waals surface area contributed by atoms with Crippen molar-refractivity contribution in [2.24, 2.45) is 5.41 Å². The Bertz CT molecular complexity index is 1080. The molecule has 0 aliphatic heterocycles. The molecule has 2 spiro atoms. The van der Waals surface area contributed by atoms with E-state index < -0.39 is 0 Å². The molecule has 0 saturated carbocycles. The highest BCUT2D eigenvalue weighted by molar-refractivity contribution is 6.08. The standard InChI is InChI=1S/C24H16/c1-2-14-23-15-3-4-16-24(23)20(13-12-18(23)9-1)19-10-5-7-17-8-6-11-21(24)22(17)19/h1-16H. The van der Waals surface area contributed by atoms with Gasteiger partial charge in [-0.15, -0.1) is 0 Å². The van der Waals surface area contributed by atoms with Crippen LogP contribution in [0.3, 0.4) is 0 Å². The van der Waals surface area contributed by atoms with E-state index in [1.54, 1.807) is 0 Å². The Labute approximate surface area is 141 Å². The van der Waals surface area contributed by atoms with Crippen LogP contribution in [-0.4, -0.2) is 0 Å². The van der Waals surface area contributed by atoms with Crippen molar-refractivity contribution in [2.45, 2.75) is 5.41 Å². The van der Waals surface area contributed by atoms with Crippen LogP contribution in [0.15, 0.2) is 103 Å². The lowest BCUT2D eigenvalue weighted by atomic mass is 9.51. The maximum absolute atomic E-state index is 2.42. The molecular formula is C24H16. The van der Waals surface area contributed by atoms with Crippen molar-refractivity contribution in [3.8, 4) is 0 Å². The first-order valence-corrected chi connectivity index (χ1v) is 8.55. The molecule has 0 radical (unpaired) electrons. The number of hydrogen-bond donors (Lipinski definition) is 0. The molecule has 6 rings (SSSR count). The first-order chi connectivity index (χ1) is 11.9. The zero-order valence-corrected chi connectivity index (χ0v) is 13.2. The molecule has 2 aromatic rings. The second-order valence-electron chi connectivity index (χ2n) is 7.03. The van der Waals surface area contributed by atoms with E-state index in [-0.39, 0.29) is 10.8 Å². The molecule has 2 atom stereocenters. The topological polar surface area (TPSA) is 0 Å². The molecule has 0 bridgehead atoms. The highest BCUT2D eigenvalue weighted by Gasteiger charge is 2.57. The number of hydrogen-bond acceptors (Lipinski definition) is 0. The lowest BCUT2D eigenvalue weighted by Crippen LogP contribution is -2.45. The molecule has 0 heteroatoms. The third kappa shape index (κ3) is 1.15. The number of benzene rings is 2. The summed E-state index contributed by atoms with van der Waals surface area (Å²) in [4.78, 5) is 0. The maximum atomic E-state index is 2.42. The predicted molar refractivity (Wildman–Crippen MR) is 101 cm³/mol. The minimum Gasteiger partial charge on any atom is -0.0687 e. The lowest BCUT2D eigenvalue weighted by Gasteiger charge is -2.50. The molecule has 0 fully saturated rings. The van der Waals surface area contributed by atoms with Gasteiger partial charge in [0.1, 0.15) is 0 Å². The van der Waals surface area contributed by atoms with Crippen LogP contribution in [0.2, 0.25) is 0 Å². The van der Waals surface area contributed by atoms with Gasteiger partial charge in [-0.3, -0.25) is 0 Å². The summed E-state index contributed by atoms with van der Waals surface area (Å²) in [5.74, 6) is 0. The molecule has 4 aliphatic carbocycles. The van der Waals surface area contributed by atoms with E-state index in [1.807, 2.05) is 0 Å². The lowest BCUT2D eigenvalue weighted by molar-refractivity contribution is 0.436. The fourth-order valence-electron chi connectivity index (χ4n) is 5.25. The highest BCUT2D eigenvalue weighted by Crippen LogP contribution is 2.66. The molecule has 0 saturated heterocycles. The van der Waals surface area contributed by atoms with E-state index in [4.69, 9.17) is 0 Å². The smallest absolute Gasteiger partial charge is 0.0563 e. The van der Waals surface area contributed by atoms with Crippen LogP contribution in [0.1, 0.15) is 11.1 Å². The van der Waals surface area contributed by atoms with E-state index in [9.17, 15) is 0 Å². The first-order valence-electron chi connectivity index (χ1n) is 8.55. The van der Waals surface area contributed by atoms with E-state index in [0.717, 1.165) is 0 Å². The van der Waals surface area contributed by atoms with Crippen molar-refractivity contribution in [3.05, 3.63) is 114 Å². The second kappa shape index (κ2) is 3.96. The molecule has 0 heterocycles. The van der Waals surface area contributed by atoms with Crippen LogP contribution in [0.5, 0.6) is 0 Å². The molecule has 0 N–H and O–H groups in total. The maximum Gasteiger partial charge on any atom is 0.0563 e. The molecular weight excluding hydrogens is 288 g/mol. The van der Waals surface area contributed by atoms with E-state index in [2.05, 4.69) is 97.2 Å². The summed E-state index contributed by atoms with van der Waals surface area (Å²) < 4.78 is 0. The Balaban J connectivity index is 1.84. The third-order valence-electron chi connectivity index (χ3n) is 6.17. The van der Waals surface area contributed by atoms with Gasteiger partial charge in [-0.25, -0.2) is 0 Å². The van der Waals surface area contributed by atoms with Crippen LogP contribution < -0.4 is 0 Å². The molecule has 2 unspecified atom stereocenters. The van der Waals surface area contributed by atoms with Gasteiger partial charge in [0.05, 0.1) is 5.41 Å². The average Bonchev–Trinajstić information content (AvgIpc) is 2.92. The second-order valence-corrected chi connectivity index (χ2v) is 7.03. The molecule has 0 amide bonds. The monoisotopic (exact) mass is 304 g/mol. The average molecular weight is 304 g/mol. The summed E-state index contributed by atoms with van der Waals surface area (Å²) in [7, 11) is 0. The van der Waals surface area contributed by atoms with Gasteiger partial charge in [-0.1, -0.05) is 97.2 Å². The third-order valence-corrected chi connectivity index (χ3v) is 6.17. The van der Waals surface area contributed by atoms with Crippen LogP contribution >= 0.6 is 0 Å². The van der Waals surface area contributed by atoms with Gasteiger partial charge >= 0.3 is 0 Å². The number of allylic oxidation sites excluding steroid dienone is 12. The first kappa shape index (κ1) is 12.5.